The maximum Gasteiger partial charge on any atom is 0.393 e. The fourth-order valence-corrected chi connectivity index (χ4v) is 3.50. The monoisotopic (exact) mass is 346 g/mol. The smallest absolute Gasteiger partial charge is 0.393 e. The Bertz CT molecular complexity index is 684. The van der Waals surface area contributed by atoms with Crippen molar-refractivity contribution in [1.29, 1.82) is 0 Å². The maximum absolute atomic E-state index is 13.0. The lowest BCUT2D eigenvalue weighted by Crippen LogP contribution is -2.33. The largest absolute Gasteiger partial charge is 0.481 e. The summed E-state index contributed by atoms with van der Waals surface area (Å²) < 4.78 is 44.1. The number of furan rings is 1. The summed E-state index contributed by atoms with van der Waals surface area (Å²) in [5.41, 5.74) is 0.605. The second-order valence-electron chi connectivity index (χ2n) is 5.41. The zero-order valence-corrected chi connectivity index (χ0v) is 12.6. The van der Waals surface area contributed by atoms with Crippen LogP contribution in [-0.4, -0.2) is 40.2 Å². The van der Waals surface area contributed by atoms with Gasteiger partial charge in [-0.1, -0.05) is 0 Å². The lowest BCUT2D eigenvalue weighted by Gasteiger charge is -2.18. The first kappa shape index (κ1) is 16.0. The molecule has 9 heteroatoms. The van der Waals surface area contributed by atoms with Crippen LogP contribution in [0.4, 0.5) is 13.2 Å². The highest BCUT2D eigenvalue weighted by Crippen LogP contribution is 2.38. The molecule has 0 saturated carbocycles. The van der Waals surface area contributed by atoms with Crippen molar-refractivity contribution >= 4 is 17.3 Å². The number of nitrogens with zero attached hydrogens (tertiary/aromatic N) is 2. The number of carbonyl (C=O) groups is 1. The third-order valence-corrected chi connectivity index (χ3v) is 4.71. The molecule has 0 bridgehead atoms. The van der Waals surface area contributed by atoms with E-state index in [0.29, 0.717) is 16.5 Å². The van der Waals surface area contributed by atoms with Crippen LogP contribution in [-0.2, 0) is 11.3 Å². The molecule has 1 aliphatic heterocycles. The molecule has 3 heterocycles. The number of carboxylic acid groups (broad SMARTS) is 1. The van der Waals surface area contributed by atoms with Crippen LogP contribution in [0.15, 0.2) is 28.2 Å². The predicted molar refractivity (Wildman–Crippen MR) is 75.8 cm³/mol. The van der Waals surface area contributed by atoms with Crippen molar-refractivity contribution in [3.63, 3.8) is 0 Å². The number of rotatable bonds is 4. The molecule has 124 valence electrons. The Morgan fingerprint density at radius 2 is 2.26 bits per heavy atom. The number of aromatic nitrogens is 1. The van der Waals surface area contributed by atoms with E-state index in [-0.39, 0.29) is 19.6 Å². The van der Waals surface area contributed by atoms with E-state index >= 15 is 0 Å². The Labute approximate surface area is 133 Å². The summed E-state index contributed by atoms with van der Waals surface area (Å²) >= 11 is 1.33. The summed E-state index contributed by atoms with van der Waals surface area (Å²) in [5, 5.41) is 11.4. The number of alkyl halides is 3. The Balaban J connectivity index is 1.70. The van der Waals surface area contributed by atoms with E-state index < -0.39 is 24.0 Å². The summed E-state index contributed by atoms with van der Waals surface area (Å²) in [7, 11) is 0. The van der Waals surface area contributed by atoms with Crippen LogP contribution in [0.25, 0.3) is 10.8 Å². The number of hydrogen-bond acceptors (Lipinski definition) is 5. The van der Waals surface area contributed by atoms with Gasteiger partial charge in [0.1, 0.15) is 0 Å². The minimum Gasteiger partial charge on any atom is -0.481 e. The van der Waals surface area contributed by atoms with Crippen LogP contribution in [0.3, 0.4) is 0 Å². The van der Waals surface area contributed by atoms with Crippen molar-refractivity contribution in [2.75, 3.05) is 13.1 Å². The summed E-state index contributed by atoms with van der Waals surface area (Å²) in [5.74, 6) is -4.09. The first-order valence-corrected chi connectivity index (χ1v) is 7.72. The summed E-state index contributed by atoms with van der Waals surface area (Å²) in [6.45, 7) is -0.269. The van der Waals surface area contributed by atoms with E-state index in [1.54, 1.807) is 17.5 Å². The maximum atomic E-state index is 13.0. The molecule has 2 aromatic rings. The van der Waals surface area contributed by atoms with Crippen molar-refractivity contribution in [3.8, 4) is 10.8 Å². The van der Waals surface area contributed by atoms with E-state index in [0.717, 1.165) is 0 Å². The summed E-state index contributed by atoms with van der Waals surface area (Å²) in [6.07, 6.45) is -3.00. The Hall–Kier alpha value is -1.87. The van der Waals surface area contributed by atoms with Crippen LogP contribution in [0.2, 0.25) is 0 Å². The molecule has 1 aliphatic rings. The SMILES string of the molecule is O=C(O)[C@@H]1CN(Cc2csc(-c3ccco3)n2)C[C@H]1C(F)(F)F. The number of thiazole rings is 1. The molecule has 5 nitrogen and oxygen atoms in total. The molecular formula is C14H13F3N2O3S. The number of likely N-dealkylation sites (tertiary alicyclic amines) is 1. The van der Waals surface area contributed by atoms with E-state index in [9.17, 15) is 18.0 Å². The molecule has 0 unspecified atom stereocenters. The molecule has 1 N–H and O–H groups in total. The minimum atomic E-state index is -4.51. The Morgan fingerprint density at radius 1 is 1.48 bits per heavy atom. The van der Waals surface area contributed by atoms with Gasteiger partial charge in [-0.25, -0.2) is 4.98 Å². The fourth-order valence-electron chi connectivity index (χ4n) is 2.72. The van der Waals surface area contributed by atoms with Crippen molar-refractivity contribution in [3.05, 3.63) is 29.5 Å². The molecular weight excluding hydrogens is 333 g/mol. The van der Waals surface area contributed by atoms with Crippen molar-refractivity contribution in [2.24, 2.45) is 11.8 Å². The van der Waals surface area contributed by atoms with Gasteiger partial charge in [0.15, 0.2) is 10.8 Å². The first-order chi connectivity index (χ1) is 10.8. The molecule has 2 aromatic heterocycles. The molecule has 1 fully saturated rings. The predicted octanol–water partition coefficient (Wildman–Crippen LogP) is 3.10. The van der Waals surface area contributed by atoms with Crippen LogP contribution in [0.1, 0.15) is 5.69 Å². The highest BCUT2D eigenvalue weighted by Gasteiger charge is 2.52. The second-order valence-corrected chi connectivity index (χ2v) is 6.27. The van der Waals surface area contributed by atoms with Crippen molar-refractivity contribution in [2.45, 2.75) is 12.7 Å². The molecule has 0 spiro atoms. The minimum absolute atomic E-state index is 0.132. The van der Waals surface area contributed by atoms with Gasteiger partial charge in [0.05, 0.1) is 23.8 Å². The number of carboxylic acids is 1. The number of hydrogen-bond donors (Lipinski definition) is 1. The highest BCUT2D eigenvalue weighted by atomic mass is 32.1. The Kier molecular flexibility index (Phi) is 4.15. The Morgan fingerprint density at radius 3 is 2.83 bits per heavy atom. The highest BCUT2D eigenvalue weighted by molar-refractivity contribution is 7.13. The third kappa shape index (κ3) is 3.40. The van der Waals surface area contributed by atoms with Gasteiger partial charge in [-0.3, -0.25) is 9.69 Å². The molecule has 3 rings (SSSR count). The molecule has 1 saturated heterocycles. The second kappa shape index (κ2) is 5.97. The van der Waals surface area contributed by atoms with Gasteiger partial charge in [-0.15, -0.1) is 11.3 Å². The fraction of sp³-hybridized carbons (Fsp3) is 0.429. The molecule has 0 aromatic carbocycles. The molecule has 23 heavy (non-hydrogen) atoms. The van der Waals surface area contributed by atoms with Gasteiger partial charge >= 0.3 is 12.1 Å². The van der Waals surface area contributed by atoms with E-state index in [4.69, 9.17) is 9.52 Å². The number of halogens is 3. The zero-order chi connectivity index (χ0) is 16.6. The van der Waals surface area contributed by atoms with Crippen LogP contribution in [0.5, 0.6) is 0 Å². The van der Waals surface area contributed by atoms with Crippen LogP contribution >= 0.6 is 11.3 Å². The van der Waals surface area contributed by atoms with Gasteiger partial charge in [-0.05, 0) is 12.1 Å². The summed E-state index contributed by atoms with van der Waals surface area (Å²) in [6, 6.07) is 3.47. The first-order valence-electron chi connectivity index (χ1n) is 6.84. The van der Waals surface area contributed by atoms with E-state index in [2.05, 4.69) is 4.98 Å². The van der Waals surface area contributed by atoms with Gasteiger partial charge in [0.25, 0.3) is 0 Å². The third-order valence-electron chi connectivity index (χ3n) is 3.80. The lowest BCUT2D eigenvalue weighted by atomic mass is 9.96. The molecule has 0 radical (unpaired) electrons. The topological polar surface area (TPSA) is 66.6 Å². The van der Waals surface area contributed by atoms with Crippen LogP contribution in [0, 0.1) is 11.8 Å². The zero-order valence-electron chi connectivity index (χ0n) is 11.8. The normalized spacial score (nSPS) is 22.6. The quantitative estimate of drug-likeness (QED) is 0.921. The van der Waals surface area contributed by atoms with Gasteiger partial charge < -0.3 is 9.52 Å². The van der Waals surface area contributed by atoms with Gasteiger partial charge in [-0.2, -0.15) is 13.2 Å². The average Bonchev–Trinajstić information content (AvgIpc) is 3.17. The van der Waals surface area contributed by atoms with E-state index in [1.165, 1.54) is 22.5 Å². The lowest BCUT2D eigenvalue weighted by molar-refractivity contribution is -0.188. The summed E-state index contributed by atoms with van der Waals surface area (Å²) in [4.78, 5) is 16.9. The van der Waals surface area contributed by atoms with Gasteiger partial charge in [0, 0.05) is 25.0 Å². The standard InChI is InChI=1S/C14H13F3N2O3S/c15-14(16,17)10-6-19(5-9(10)13(20)21)4-8-7-23-12(18-8)11-2-1-3-22-11/h1-3,7,9-10H,4-6H2,(H,20,21)/t9-,10-/m1/s1. The number of aliphatic carboxylic acids is 1. The van der Waals surface area contributed by atoms with Crippen molar-refractivity contribution in [1.82, 2.24) is 9.88 Å². The molecule has 2 atom stereocenters. The van der Waals surface area contributed by atoms with E-state index in [1.807, 2.05) is 0 Å². The van der Waals surface area contributed by atoms with Crippen LogP contribution < -0.4 is 0 Å². The van der Waals surface area contributed by atoms with Gasteiger partial charge in [0.2, 0.25) is 0 Å². The van der Waals surface area contributed by atoms with Crippen molar-refractivity contribution < 1.29 is 27.5 Å². The molecule has 0 aliphatic carbocycles. The average molecular weight is 346 g/mol. The molecule has 0 amide bonds.